The van der Waals surface area contributed by atoms with Gasteiger partial charge in [0.15, 0.2) is 5.82 Å². The SMILES string of the molecule is Cc1cc(-c2ncn(/C=C\C(=O)N3CC(c4ccccn4)C3)n2)cc(C(F)(F)F)c1. The van der Waals surface area contributed by atoms with Crippen molar-refractivity contribution in [2.75, 3.05) is 13.1 Å². The molecule has 30 heavy (non-hydrogen) atoms. The van der Waals surface area contributed by atoms with Crippen molar-refractivity contribution in [1.82, 2.24) is 24.6 Å². The number of hydrogen-bond acceptors (Lipinski definition) is 4. The molecule has 3 heterocycles. The quantitative estimate of drug-likeness (QED) is 0.611. The minimum Gasteiger partial charge on any atom is -0.338 e. The van der Waals surface area contributed by atoms with E-state index in [2.05, 4.69) is 15.1 Å². The molecule has 0 atom stereocenters. The highest BCUT2D eigenvalue weighted by molar-refractivity contribution is 5.90. The van der Waals surface area contributed by atoms with Gasteiger partial charge in [0.25, 0.3) is 0 Å². The molecule has 1 saturated heterocycles. The van der Waals surface area contributed by atoms with E-state index in [1.807, 2.05) is 18.2 Å². The highest BCUT2D eigenvalue weighted by Gasteiger charge is 2.32. The minimum absolute atomic E-state index is 0.153. The number of aryl methyl sites for hydroxylation is 1. The summed E-state index contributed by atoms with van der Waals surface area (Å²) in [5.41, 5.74) is 0.937. The highest BCUT2D eigenvalue weighted by Crippen LogP contribution is 2.32. The average molecular weight is 413 g/mol. The molecule has 1 aliphatic rings. The summed E-state index contributed by atoms with van der Waals surface area (Å²) < 4.78 is 40.4. The summed E-state index contributed by atoms with van der Waals surface area (Å²) in [5, 5.41) is 4.15. The van der Waals surface area contributed by atoms with Gasteiger partial charge in [0.1, 0.15) is 6.33 Å². The Bertz CT molecular complexity index is 1090. The van der Waals surface area contributed by atoms with Crippen LogP contribution >= 0.6 is 0 Å². The average Bonchev–Trinajstić information content (AvgIpc) is 3.14. The van der Waals surface area contributed by atoms with Gasteiger partial charge in [0, 0.05) is 48.7 Å². The van der Waals surface area contributed by atoms with Crippen LogP contribution in [0, 0.1) is 6.92 Å². The van der Waals surface area contributed by atoms with Crippen LogP contribution in [0.15, 0.2) is 55.0 Å². The van der Waals surface area contributed by atoms with Crippen molar-refractivity contribution in [3.05, 3.63) is 71.8 Å². The van der Waals surface area contributed by atoms with Gasteiger partial charge in [-0.2, -0.15) is 13.2 Å². The maximum Gasteiger partial charge on any atom is 0.416 e. The Morgan fingerprint density at radius 3 is 2.67 bits per heavy atom. The Morgan fingerprint density at radius 2 is 1.97 bits per heavy atom. The second kappa shape index (κ2) is 7.74. The molecular weight excluding hydrogens is 395 g/mol. The molecule has 1 fully saturated rings. The molecule has 3 aromatic rings. The van der Waals surface area contributed by atoms with Crippen molar-refractivity contribution >= 4 is 12.1 Å². The predicted octanol–water partition coefficient (Wildman–Crippen LogP) is 3.76. The van der Waals surface area contributed by atoms with Gasteiger partial charge >= 0.3 is 6.18 Å². The van der Waals surface area contributed by atoms with Crippen LogP contribution in [0.5, 0.6) is 0 Å². The van der Waals surface area contributed by atoms with Crippen LogP contribution in [-0.4, -0.2) is 43.6 Å². The van der Waals surface area contributed by atoms with Crippen molar-refractivity contribution < 1.29 is 18.0 Å². The number of aromatic nitrogens is 4. The lowest BCUT2D eigenvalue weighted by atomic mass is 9.96. The summed E-state index contributed by atoms with van der Waals surface area (Å²) >= 11 is 0. The first-order chi connectivity index (χ1) is 14.3. The van der Waals surface area contributed by atoms with Crippen LogP contribution in [0.1, 0.15) is 22.7 Å². The molecule has 0 aliphatic carbocycles. The molecule has 0 bridgehead atoms. The Balaban J connectivity index is 1.41. The van der Waals surface area contributed by atoms with E-state index in [0.717, 1.165) is 17.8 Å². The summed E-state index contributed by atoms with van der Waals surface area (Å²) in [7, 11) is 0. The Morgan fingerprint density at radius 1 is 1.17 bits per heavy atom. The number of carbonyl (C=O) groups is 1. The maximum absolute atomic E-state index is 13.0. The second-order valence-electron chi connectivity index (χ2n) is 7.14. The molecule has 9 heteroatoms. The maximum atomic E-state index is 13.0. The lowest BCUT2D eigenvalue weighted by molar-refractivity contribution is -0.137. The van der Waals surface area contributed by atoms with Gasteiger partial charge in [-0.3, -0.25) is 9.78 Å². The fourth-order valence-electron chi connectivity index (χ4n) is 3.26. The van der Waals surface area contributed by atoms with Crippen molar-refractivity contribution in [2.45, 2.75) is 19.0 Å². The van der Waals surface area contributed by atoms with Crippen LogP contribution < -0.4 is 0 Å². The van der Waals surface area contributed by atoms with Crippen LogP contribution in [0.25, 0.3) is 17.6 Å². The molecule has 1 aromatic carbocycles. The van der Waals surface area contributed by atoms with E-state index in [0.29, 0.717) is 18.7 Å². The number of pyridine rings is 1. The van der Waals surface area contributed by atoms with E-state index >= 15 is 0 Å². The van der Waals surface area contributed by atoms with Gasteiger partial charge < -0.3 is 4.90 Å². The zero-order valence-corrected chi connectivity index (χ0v) is 16.0. The van der Waals surface area contributed by atoms with Gasteiger partial charge in [0.05, 0.1) is 5.56 Å². The summed E-state index contributed by atoms with van der Waals surface area (Å²) in [6.45, 7) is 2.76. The summed E-state index contributed by atoms with van der Waals surface area (Å²) in [6, 6.07) is 9.38. The number of amides is 1. The number of hydrogen-bond donors (Lipinski definition) is 0. The molecule has 0 saturated carbocycles. The predicted molar refractivity (Wildman–Crippen MR) is 104 cm³/mol. The number of carbonyl (C=O) groups excluding carboxylic acids is 1. The van der Waals surface area contributed by atoms with E-state index in [1.54, 1.807) is 24.1 Å². The van der Waals surface area contributed by atoms with Gasteiger partial charge in [-0.1, -0.05) is 6.07 Å². The van der Waals surface area contributed by atoms with Crippen molar-refractivity contribution in [1.29, 1.82) is 0 Å². The molecule has 1 amide bonds. The van der Waals surface area contributed by atoms with Crippen LogP contribution in [-0.2, 0) is 11.0 Å². The van der Waals surface area contributed by atoms with Crippen LogP contribution in [0.4, 0.5) is 13.2 Å². The highest BCUT2D eigenvalue weighted by atomic mass is 19.4. The summed E-state index contributed by atoms with van der Waals surface area (Å²) in [5.74, 6) is 0.209. The standard InChI is InChI=1S/C21H18F3N5O/c1-14-8-15(10-17(9-14)21(22,23)24)20-26-13-29(27-20)7-5-19(30)28-11-16(12-28)18-4-2-3-6-25-18/h2-10,13,16H,11-12H2,1H3/b7-5-. The number of likely N-dealkylation sites (tertiary alicyclic amines) is 1. The van der Waals surface area contributed by atoms with E-state index in [9.17, 15) is 18.0 Å². The lowest BCUT2D eigenvalue weighted by Crippen LogP contribution is -2.48. The van der Waals surface area contributed by atoms with E-state index < -0.39 is 11.7 Å². The summed E-state index contributed by atoms with van der Waals surface area (Å²) in [6.07, 6.45) is 1.44. The molecular formula is C21H18F3N5O. The van der Waals surface area contributed by atoms with Crippen LogP contribution in [0.3, 0.4) is 0 Å². The molecule has 6 nitrogen and oxygen atoms in total. The summed E-state index contributed by atoms with van der Waals surface area (Å²) in [4.78, 5) is 22.3. The normalized spacial score (nSPS) is 14.9. The monoisotopic (exact) mass is 413 g/mol. The fourth-order valence-corrected chi connectivity index (χ4v) is 3.26. The second-order valence-corrected chi connectivity index (χ2v) is 7.14. The Hall–Kier alpha value is -3.49. The van der Waals surface area contributed by atoms with E-state index in [4.69, 9.17) is 0 Å². The third-order valence-electron chi connectivity index (χ3n) is 4.84. The van der Waals surface area contributed by atoms with Gasteiger partial charge in [0.2, 0.25) is 5.91 Å². The fraction of sp³-hybridized carbons (Fsp3) is 0.238. The van der Waals surface area contributed by atoms with Gasteiger partial charge in [-0.25, -0.2) is 9.67 Å². The number of benzene rings is 1. The number of nitrogens with zero attached hydrogens (tertiary/aromatic N) is 5. The molecule has 0 radical (unpaired) electrons. The first kappa shape index (κ1) is 19.8. The number of halogens is 3. The first-order valence-corrected chi connectivity index (χ1v) is 9.28. The number of alkyl halides is 3. The van der Waals surface area contributed by atoms with E-state index in [-0.39, 0.29) is 23.2 Å². The topological polar surface area (TPSA) is 63.9 Å². The molecule has 0 spiro atoms. The molecule has 0 unspecified atom stereocenters. The smallest absolute Gasteiger partial charge is 0.338 e. The third-order valence-corrected chi connectivity index (χ3v) is 4.84. The van der Waals surface area contributed by atoms with Gasteiger partial charge in [-0.05, 0) is 42.8 Å². The molecule has 154 valence electrons. The van der Waals surface area contributed by atoms with Gasteiger partial charge in [-0.15, -0.1) is 5.10 Å². The molecule has 2 aromatic heterocycles. The minimum atomic E-state index is -4.44. The zero-order valence-electron chi connectivity index (χ0n) is 16.0. The van der Waals surface area contributed by atoms with Crippen molar-refractivity contribution in [3.8, 4) is 11.4 Å². The largest absolute Gasteiger partial charge is 0.416 e. The lowest BCUT2D eigenvalue weighted by Gasteiger charge is -2.38. The third kappa shape index (κ3) is 4.24. The van der Waals surface area contributed by atoms with E-state index in [1.165, 1.54) is 23.3 Å². The molecule has 4 rings (SSSR count). The van der Waals surface area contributed by atoms with Crippen molar-refractivity contribution in [2.24, 2.45) is 0 Å². The molecule has 1 aliphatic heterocycles. The van der Waals surface area contributed by atoms with Crippen LogP contribution in [0.2, 0.25) is 0 Å². The number of rotatable bonds is 4. The Kier molecular flexibility index (Phi) is 5.11. The van der Waals surface area contributed by atoms with Crippen molar-refractivity contribution in [3.63, 3.8) is 0 Å². The Labute approximate surface area is 170 Å². The first-order valence-electron chi connectivity index (χ1n) is 9.28. The molecule has 0 N–H and O–H groups in total. The zero-order chi connectivity index (χ0) is 21.3.